The molecule has 2 atom stereocenters. The number of nitrogens with one attached hydrogen (secondary N) is 1. The molecule has 1 saturated carbocycles. The molecule has 43 heavy (non-hydrogen) atoms. The van der Waals surface area contributed by atoms with Crippen molar-refractivity contribution in [2.45, 2.75) is 110 Å². The van der Waals surface area contributed by atoms with Crippen LogP contribution in [0.2, 0.25) is 0 Å². The Bertz CT molecular complexity index is 1250. The third kappa shape index (κ3) is 9.68. The molecule has 10 heteroatoms. The summed E-state index contributed by atoms with van der Waals surface area (Å²) in [6.45, 7) is 9.87. The number of guanidine groups is 1. The smallest absolute Gasteiger partial charge is 0.331 e. The lowest BCUT2D eigenvalue weighted by Crippen LogP contribution is -2.50. The zero-order chi connectivity index (χ0) is 31.0. The SMILES string of the molecule is CC(C)OC(=O)C(COC(C)(C)C)NC(=O)CCC(C1CCCCC1)N1Cc2cc(Oc3ccccc3)ncc2N=C1N. The summed E-state index contributed by atoms with van der Waals surface area (Å²) in [7, 11) is 0. The topological polar surface area (TPSA) is 128 Å². The van der Waals surface area contributed by atoms with E-state index in [1.165, 1.54) is 6.42 Å². The molecule has 2 unspecified atom stereocenters. The zero-order valence-electron chi connectivity index (χ0n) is 26.2. The Labute approximate surface area is 255 Å². The second kappa shape index (κ2) is 14.7. The Hall–Kier alpha value is -3.66. The predicted octanol–water partition coefficient (Wildman–Crippen LogP) is 5.62. The highest BCUT2D eigenvalue weighted by molar-refractivity contribution is 5.85. The Morgan fingerprint density at radius 2 is 1.84 bits per heavy atom. The quantitative estimate of drug-likeness (QED) is 0.304. The van der Waals surface area contributed by atoms with Gasteiger partial charge < -0.3 is 30.2 Å². The van der Waals surface area contributed by atoms with Crippen LogP contribution >= 0.6 is 0 Å². The Morgan fingerprint density at radius 1 is 1.12 bits per heavy atom. The van der Waals surface area contributed by atoms with Gasteiger partial charge in [0.15, 0.2) is 12.0 Å². The lowest BCUT2D eigenvalue weighted by Gasteiger charge is -2.41. The van der Waals surface area contributed by atoms with E-state index in [2.05, 4.69) is 20.2 Å². The van der Waals surface area contributed by atoms with Crippen molar-refractivity contribution < 1.29 is 23.8 Å². The summed E-state index contributed by atoms with van der Waals surface area (Å²) in [6, 6.07) is 10.6. The summed E-state index contributed by atoms with van der Waals surface area (Å²) in [4.78, 5) is 37.3. The average Bonchev–Trinajstić information content (AvgIpc) is 2.96. The number of rotatable bonds is 12. The van der Waals surface area contributed by atoms with Crippen LogP contribution in [-0.4, -0.2) is 58.1 Å². The number of carbonyl (C=O) groups excluding carboxylic acids is 2. The molecule has 3 N–H and O–H groups in total. The van der Waals surface area contributed by atoms with E-state index in [1.54, 1.807) is 20.0 Å². The summed E-state index contributed by atoms with van der Waals surface area (Å²) in [6.07, 6.45) is 7.88. The minimum Gasteiger partial charge on any atom is -0.461 e. The van der Waals surface area contributed by atoms with Gasteiger partial charge in [-0.05, 0) is 71.9 Å². The summed E-state index contributed by atoms with van der Waals surface area (Å²) in [5.74, 6) is 1.29. The summed E-state index contributed by atoms with van der Waals surface area (Å²) < 4.78 is 17.2. The van der Waals surface area contributed by atoms with Crippen molar-refractivity contribution in [2.75, 3.05) is 6.61 Å². The summed E-state index contributed by atoms with van der Waals surface area (Å²) in [5, 5.41) is 2.87. The van der Waals surface area contributed by atoms with Crippen molar-refractivity contribution in [3.05, 3.63) is 48.2 Å². The third-order valence-corrected chi connectivity index (χ3v) is 7.69. The molecule has 4 rings (SSSR count). The normalized spacial score (nSPS) is 17.1. The molecule has 2 heterocycles. The van der Waals surface area contributed by atoms with Gasteiger partial charge in [-0.3, -0.25) is 4.79 Å². The first-order chi connectivity index (χ1) is 20.5. The molecule has 0 spiro atoms. The Morgan fingerprint density at radius 3 is 2.51 bits per heavy atom. The van der Waals surface area contributed by atoms with Gasteiger partial charge in [0.1, 0.15) is 5.75 Å². The van der Waals surface area contributed by atoms with Crippen LogP contribution in [0.25, 0.3) is 0 Å². The van der Waals surface area contributed by atoms with Gasteiger partial charge in [0.25, 0.3) is 0 Å². The van der Waals surface area contributed by atoms with Crippen LogP contribution in [0.15, 0.2) is 47.6 Å². The molecule has 1 aliphatic carbocycles. The number of fused-ring (bicyclic) bond motifs is 1. The molecular formula is C33H47N5O5. The molecule has 1 aliphatic heterocycles. The van der Waals surface area contributed by atoms with E-state index in [9.17, 15) is 9.59 Å². The van der Waals surface area contributed by atoms with Crippen molar-refractivity contribution in [1.82, 2.24) is 15.2 Å². The molecule has 1 aromatic heterocycles. The second-order valence-corrected chi connectivity index (χ2v) is 12.7. The molecule has 0 bridgehead atoms. The van der Waals surface area contributed by atoms with Gasteiger partial charge in [-0.15, -0.1) is 0 Å². The van der Waals surface area contributed by atoms with Gasteiger partial charge in [-0.1, -0.05) is 37.5 Å². The fourth-order valence-electron chi connectivity index (χ4n) is 5.63. The highest BCUT2D eigenvalue weighted by Crippen LogP contribution is 2.36. The van der Waals surface area contributed by atoms with Crippen molar-refractivity contribution in [1.29, 1.82) is 0 Å². The van der Waals surface area contributed by atoms with Gasteiger partial charge in [-0.25, -0.2) is 14.8 Å². The monoisotopic (exact) mass is 593 g/mol. The number of esters is 1. The van der Waals surface area contributed by atoms with Crippen molar-refractivity contribution >= 4 is 23.5 Å². The average molecular weight is 594 g/mol. The van der Waals surface area contributed by atoms with Gasteiger partial charge >= 0.3 is 5.97 Å². The van der Waals surface area contributed by atoms with Crippen LogP contribution in [-0.2, 0) is 25.6 Å². The van der Waals surface area contributed by atoms with Crippen molar-refractivity contribution in [3.8, 4) is 11.6 Å². The third-order valence-electron chi connectivity index (χ3n) is 7.69. The highest BCUT2D eigenvalue weighted by atomic mass is 16.5. The number of hydrogen-bond donors (Lipinski definition) is 2. The predicted molar refractivity (Wildman–Crippen MR) is 166 cm³/mol. The molecule has 2 aromatic rings. The molecule has 234 valence electrons. The number of carbonyl (C=O) groups is 2. The van der Waals surface area contributed by atoms with Gasteiger partial charge in [0, 0.05) is 30.6 Å². The zero-order valence-corrected chi connectivity index (χ0v) is 26.2. The van der Waals surface area contributed by atoms with Crippen molar-refractivity contribution in [3.63, 3.8) is 0 Å². The van der Waals surface area contributed by atoms with Crippen LogP contribution in [0.3, 0.4) is 0 Å². The lowest BCUT2D eigenvalue weighted by atomic mass is 9.81. The minimum atomic E-state index is -0.883. The number of aromatic nitrogens is 1. The molecule has 2 aliphatic rings. The number of pyridine rings is 1. The number of nitrogens with zero attached hydrogens (tertiary/aromatic N) is 3. The molecular weight excluding hydrogens is 546 g/mol. The first-order valence-corrected chi connectivity index (χ1v) is 15.4. The number of aliphatic imine (C=N–C) groups is 1. The van der Waals surface area contributed by atoms with E-state index >= 15 is 0 Å². The number of hydrogen-bond acceptors (Lipinski definition) is 9. The second-order valence-electron chi connectivity index (χ2n) is 12.7. The van der Waals surface area contributed by atoms with Crippen LogP contribution in [0.4, 0.5) is 5.69 Å². The van der Waals surface area contributed by atoms with Crippen LogP contribution in [0.5, 0.6) is 11.6 Å². The van der Waals surface area contributed by atoms with E-state index in [-0.39, 0.29) is 31.1 Å². The van der Waals surface area contributed by atoms with Crippen LogP contribution in [0, 0.1) is 5.92 Å². The molecule has 1 aromatic carbocycles. The minimum absolute atomic E-state index is 0.0153. The van der Waals surface area contributed by atoms with Crippen LogP contribution in [0.1, 0.15) is 85.1 Å². The van der Waals surface area contributed by atoms with Gasteiger partial charge in [-0.2, -0.15) is 0 Å². The maximum Gasteiger partial charge on any atom is 0.331 e. The lowest BCUT2D eigenvalue weighted by molar-refractivity contribution is -0.155. The molecule has 1 amide bonds. The molecule has 10 nitrogen and oxygen atoms in total. The van der Waals surface area contributed by atoms with E-state index in [0.29, 0.717) is 36.5 Å². The fourth-order valence-corrected chi connectivity index (χ4v) is 5.63. The number of benzene rings is 1. The number of nitrogens with two attached hydrogens (primary N) is 1. The Kier molecular flexibility index (Phi) is 11.0. The fraction of sp³-hybridized carbons (Fsp3) is 0.576. The van der Waals surface area contributed by atoms with Gasteiger partial charge in [0.05, 0.1) is 30.2 Å². The Balaban J connectivity index is 1.47. The first-order valence-electron chi connectivity index (χ1n) is 15.4. The maximum absolute atomic E-state index is 13.3. The summed E-state index contributed by atoms with van der Waals surface area (Å²) >= 11 is 0. The van der Waals surface area contributed by atoms with E-state index in [0.717, 1.165) is 36.9 Å². The van der Waals surface area contributed by atoms with E-state index in [4.69, 9.17) is 19.9 Å². The molecule has 0 radical (unpaired) electrons. The van der Waals surface area contributed by atoms with E-state index < -0.39 is 17.6 Å². The molecule has 1 fully saturated rings. The number of amides is 1. The molecule has 0 saturated heterocycles. The number of ether oxygens (including phenoxy) is 3. The largest absolute Gasteiger partial charge is 0.461 e. The van der Waals surface area contributed by atoms with Gasteiger partial charge in [0.2, 0.25) is 11.8 Å². The first kappa shape index (κ1) is 32.3. The maximum atomic E-state index is 13.3. The van der Waals surface area contributed by atoms with Crippen molar-refractivity contribution in [2.24, 2.45) is 16.6 Å². The van der Waals surface area contributed by atoms with E-state index in [1.807, 2.05) is 57.2 Å². The standard InChI is InChI=1S/C33H47N5O5/c1-22(2)42-31(40)27(21-41-33(3,4)5)36-29(39)17-16-28(23-12-8-6-9-13-23)38-20-24-18-30(35-19-26(24)37-32(38)34)43-25-14-10-7-11-15-25/h7,10-11,14-15,18-19,22-23,27-28H,6,8-9,12-13,16-17,20-21H2,1-5H3,(H2,34,37)(H,36,39). The summed E-state index contributed by atoms with van der Waals surface area (Å²) in [5.41, 5.74) is 7.78. The van der Waals surface area contributed by atoms with Crippen LogP contribution < -0.4 is 15.8 Å². The highest BCUT2D eigenvalue weighted by Gasteiger charge is 2.34. The number of para-hydroxylation sites is 1.